The summed E-state index contributed by atoms with van der Waals surface area (Å²) in [5.41, 5.74) is 1.01. The number of ether oxygens (including phenoxy) is 3. The molecule has 0 unspecified atom stereocenters. The Bertz CT molecular complexity index is 1140. The number of hydrogen-bond acceptors (Lipinski definition) is 7. The molecule has 1 N–H and O–H groups in total. The van der Waals surface area contributed by atoms with Gasteiger partial charge in [-0.3, -0.25) is 19.3 Å². The molecule has 1 heterocycles. The predicted molar refractivity (Wildman–Crippen MR) is 127 cm³/mol. The zero-order valence-electron chi connectivity index (χ0n) is 19.9. The zero-order valence-corrected chi connectivity index (χ0v) is 19.9. The van der Waals surface area contributed by atoms with E-state index < -0.39 is 18.5 Å². The number of esters is 1. The number of methoxy groups -OCH3 is 2. The highest BCUT2D eigenvalue weighted by atomic mass is 16.5. The van der Waals surface area contributed by atoms with Crippen LogP contribution in [0, 0.1) is 17.8 Å². The lowest BCUT2D eigenvalue weighted by molar-refractivity contribution is -0.122. The third-order valence-electron chi connectivity index (χ3n) is 6.56. The van der Waals surface area contributed by atoms with Crippen LogP contribution in [-0.2, 0) is 19.1 Å². The van der Waals surface area contributed by atoms with Crippen molar-refractivity contribution in [2.24, 2.45) is 17.8 Å². The molecule has 2 aromatic carbocycles. The summed E-state index contributed by atoms with van der Waals surface area (Å²) in [5.74, 6) is -0.742. The zero-order chi connectivity index (χ0) is 25.1. The SMILES string of the molecule is COc1ccc(OC)c(NC(=O)COC(=O)c2ccc(N3C(=O)[C@H]4C[C@H](C)CC[C@H]4C3=O)cc2)c1. The normalized spacial score (nSPS) is 21.3. The third-order valence-corrected chi connectivity index (χ3v) is 6.56. The highest BCUT2D eigenvalue weighted by Crippen LogP contribution is 2.42. The van der Waals surface area contributed by atoms with Crippen LogP contribution in [0.5, 0.6) is 11.5 Å². The standard InChI is InChI=1S/C26H28N2O7/c1-15-4-10-19-20(12-15)25(31)28(24(19)30)17-7-5-16(6-8-17)26(32)35-14-23(29)27-21-13-18(33-2)9-11-22(21)34-3/h5-9,11,13,15,19-20H,4,10,12,14H2,1-3H3,(H,27,29)/t15-,19-,20+/m1/s1. The monoisotopic (exact) mass is 480 g/mol. The number of imide groups is 1. The molecule has 9 heteroatoms. The number of hydrogen-bond donors (Lipinski definition) is 1. The van der Waals surface area contributed by atoms with Crippen molar-refractivity contribution in [3.63, 3.8) is 0 Å². The second kappa shape index (κ2) is 10.2. The first-order valence-corrected chi connectivity index (χ1v) is 11.5. The van der Waals surface area contributed by atoms with Gasteiger partial charge in [0, 0.05) is 6.07 Å². The van der Waals surface area contributed by atoms with Crippen molar-refractivity contribution in [3.8, 4) is 11.5 Å². The minimum Gasteiger partial charge on any atom is -0.497 e. The molecule has 1 aliphatic carbocycles. The Labute approximate surface area is 203 Å². The number of amides is 3. The van der Waals surface area contributed by atoms with Crippen molar-refractivity contribution in [2.75, 3.05) is 31.0 Å². The van der Waals surface area contributed by atoms with Crippen LogP contribution in [0.4, 0.5) is 11.4 Å². The topological polar surface area (TPSA) is 111 Å². The Balaban J connectivity index is 1.36. The fourth-order valence-corrected chi connectivity index (χ4v) is 4.70. The van der Waals surface area contributed by atoms with Crippen LogP contribution in [0.2, 0.25) is 0 Å². The average molecular weight is 481 g/mol. The molecule has 3 atom stereocenters. The Morgan fingerprint density at radius 2 is 1.69 bits per heavy atom. The smallest absolute Gasteiger partial charge is 0.338 e. The lowest BCUT2D eigenvalue weighted by atomic mass is 9.76. The molecule has 2 aliphatic rings. The first kappa shape index (κ1) is 24.3. The molecule has 1 saturated carbocycles. The number of nitrogens with zero attached hydrogens (tertiary/aromatic N) is 1. The second-order valence-electron chi connectivity index (χ2n) is 8.88. The first-order valence-electron chi connectivity index (χ1n) is 11.5. The van der Waals surface area contributed by atoms with Gasteiger partial charge in [-0.25, -0.2) is 4.79 Å². The minimum absolute atomic E-state index is 0.174. The van der Waals surface area contributed by atoms with E-state index in [4.69, 9.17) is 14.2 Å². The predicted octanol–water partition coefficient (Wildman–Crippen LogP) is 3.42. The number of carbonyl (C=O) groups is 4. The lowest BCUT2D eigenvalue weighted by Crippen LogP contribution is -2.30. The van der Waals surface area contributed by atoms with Gasteiger partial charge in [-0.15, -0.1) is 0 Å². The van der Waals surface area contributed by atoms with E-state index in [0.717, 1.165) is 19.3 Å². The number of benzene rings is 2. The minimum atomic E-state index is -0.703. The number of carbonyl (C=O) groups excluding carboxylic acids is 4. The van der Waals surface area contributed by atoms with Gasteiger partial charge < -0.3 is 19.5 Å². The fourth-order valence-electron chi connectivity index (χ4n) is 4.70. The van der Waals surface area contributed by atoms with Crippen LogP contribution in [0.1, 0.15) is 36.5 Å². The van der Waals surface area contributed by atoms with Crippen LogP contribution < -0.4 is 19.7 Å². The van der Waals surface area contributed by atoms with Gasteiger partial charge >= 0.3 is 5.97 Å². The number of fused-ring (bicyclic) bond motifs is 1. The van der Waals surface area contributed by atoms with Crippen molar-refractivity contribution < 1.29 is 33.4 Å². The quantitative estimate of drug-likeness (QED) is 0.477. The van der Waals surface area contributed by atoms with Gasteiger partial charge in [-0.1, -0.05) is 6.92 Å². The Kier molecular flexibility index (Phi) is 7.04. The van der Waals surface area contributed by atoms with Gasteiger partial charge in [0.05, 0.1) is 43.0 Å². The highest BCUT2D eigenvalue weighted by molar-refractivity contribution is 6.22. The molecule has 0 aromatic heterocycles. The van der Waals surface area contributed by atoms with Crippen molar-refractivity contribution in [2.45, 2.75) is 26.2 Å². The van der Waals surface area contributed by atoms with Crippen molar-refractivity contribution in [3.05, 3.63) is 48.0 Å². The van der Waals surface area contributed by atoms with Crippen LogP contribution in [0.15, 0.2) is 42.5 Å². The van der Waals surface area contributed by atoms with E-state index in [9.17, 15) is 19.2 Å². The molecule has 2 fully saturated rings. The van der Waals surface area contributed by atoms with Gasteiger partial charge in [0.25, 0.3) is 5.91 Å². The maximum Gasteiger partial charge on any atom is 0.338 e. The van der Waals surface area contributed by atoms with E-state index in [1.165, 1.54) is 31.3 Å². The van der Waals surface area contributed by atoms with E-state index >= 15 is 0 Å². The summed E-state index contributed by atoms with van der Waals surface area (Å²) >= 11 is 0. The van der Waals surface area contributed by atoms with Crippen molar-refractivity contribution >= 4 is 35.1 Å². The third kappa shape index (κ3) is 4.99. The molecular formula is C26H28N2O7. The van der Waals surface area contributed by atoms with E-state index in [2.05, 4.69) is 12.2 Å². The second-order valence-corrected chi connectivity index (χ2v) is 8.88. The Morgan fingerprint density at radius 3 is 2.37 bits per heavy atom. The summed E-state index contributed by atoms with van der Waals surface area (Å²) in [7, 11) is 2.97. The summed E-state index contributed by atoms with van der Waals surface area (Å²) in [4.78, 5) is 51.7. The van der Waals surface area contributed by atoms with Gasteiger partial charge in [0.15, 0.2) is 6.61 Å². The Hall–Kier alpha value is -3.88. The molecule has 3 amide bonds. The number of anilines is 2. The largest absolute Gasteiger partial charge is 0.497 e. The molecule has 9 nitrogen and oxygen atoms in total. The van der Waals surface area contributed by atoms with Crippen LogP contribution in [-0.4, -0.2) is 44.5 Å². The molecular weight excluding hydrogens is 452 g/mol. The molecule has 2 aromatic rings. The van der Waals surface area contributed by atoms with Crippen molar-refractivity contribution in [1.82, 2.24) is 0 Å². The highest BCUT2D eigenvalue weighted by Gasteiger charge is 2.49. The maximum atomic E-state index is 12.9. The molecule has 1 saturated heterocycles. The summed E-state index contributed by atoms with van der Waals surface area (Å²) in [5, 5.41) is 2.62. The molecule has 0 radical (unpaired) electrons. The van der Waals surface area contributed by atoms with Gasteiger partial charge in [0.1, 0.15) is 11.5 Å². The van der Waals surface area contributed by atoms with Crippen LogP contribution in [0.3, 0.4) is 0 Å². The average Bonchev–Trinajstić information content (AvgIpc) is 3.11. The fraction of sp³-hybridized carbons (Fsp3) is 0.385. The van der Waals surface area contributed by atoms with E-state index in [1.54, 1.807) is 30.3 Å². The molecule has 35 heavy (non-hydrogen) atoms. The van der Waals surface area contributed by atoms with Gasteiger partial charge in [0.2, 0.25) is 11.8 Å². The summed E-state index contributed by atoms with van der Waals surface area (Å²) < 4.78 is 15.5. The summed E-state index contributed by atoms with van der Waals surface area (Å²) in [6.07, 6.45) is 2.39. The van der Waals surface area contributed by atoms with Crippen molar-refractivity contribution in [1.29, 1.82) is 0 Å². The Morgan fingerprint density at radius 1 is 0.971 bits per heavy atom. The molecule has 0 spiro atoms. The van der Waals surface area contributed by atoms with Gasteiger partial charge in [-0.2, -0.15) is 0 Å². The van der Waals surface area contributed by atoms with E-state index in [-0.39, 0.29) is 29.2 Å². The molecule has 4 rings (SSSR count). The van der Waals surface area contributed by atoms with E-state index in [0.29, 0.717) is 28.8 Å². The summed E-state index contributed by atoms with van der Waals surface area (Å²) in [6.45, 7) is 1.59. The number of rotatable bonds is 7. The van der Waals surface area contributed by atoms with Gasteiger partial charge in [-0.05, 0) is 61.6 Å². The molecule has 1 aliphatic heterocycles. The lowest BCUT2D eigenvalue weighted by Gasteiger charge is -2.25. The van der Waals surface area contributed by atoms with E-state index in [1.807, 2.05) is 0 Å². The molecule has 0 bridgehead atoms. The maximum absolute atomic E-state index is 12.9. The summed E-state index contributed by atoms with van der Waals surface area (Å²) in [6, 6.07) is 11.0. The first-order chi connectivity index (χ1) is 16.8. The van der Waals surface area contributed by atoms with Crippen LogP contribution >= 0.6 is 0 Å². The van der Waals surface area contributed by atoms with Crippen LogP contribution in [0.25, 0.3) is 0 Å². The number of nitrogens with one attached hydrogen (secondary N) is 1. The molecule has 184 valence electrons.